The molecule has 2 rings (SSSR count). The Morgan fingerprint density at radius 1 is 1.22 bits per heavy atom. The number of nitrogens with one attached hydrogen (secondary N) is 1. The average Bonchev–Trinajstić information content (AvgIpc) is 2.66. The SMILES string of the molecule is CN(CC1CCCO1)C1CCC1CNC(C)(C)C. The highest BCUT2D eigenvalue weighted by Crippen LogP contribution is 2.32. The summed E-state index contributed by atoms with van der Waals surface area (Å²) in [6, 6.07) is 0.768. The van der Waals surface area contributed by atoms with Crippen molar-refractivity contribution in [1.82, 2.24) is 10.2 Å². The average molecular weight is 254 g/mol. The lowest BCUT2D eigenvalue weighted by molar-refractivity contribution is 0.0245. The lowest BCUT2D eigenvalue weighted by Crippen LogP contribution is -2.52. The van der Waals surface area contributed by atoms with Gasteiger partial charge in [0, 0.05) is 24.7 Å². The Hall–Kier alpha value is -0.120. The molecule has 1 heterocycles. The van der Waals surface area contributed by atoms with Gasteiger partial charge < -0.3 is 15.0 Å². The smallest absolute Gasteiger partial charge is 0.0702 e. The maximum Gasteiger partial charge on any atom is 0.0702 e. The van der Waals surface area contributed by atoms with E-state index in [2.05, 4.69) is 38.0 Å². The molecule has 0 aromatic heterocycles. The highest BCUT2D eigenvalue weighted by Gasteiger charge is 2.35. The topological polar surface area (TPSA) is 24.5 Å². The molecule has 1 saturated carbocycles. The van der Waals surface area contributed by atoms with Gasteiger partial charge in [-0.15, -0.1) is 0 Å². The van der Waals surface area contributed by atoms with E-state index in [0.717, 1.165) is 31.7 Å². The highest BCUT2D eigenvalue weighted by molar-refractivity contribution is 4.91. The first kappa shape index (κ1) is 14.3. The van der Waals surface area contributed by atoms with Crippen LogP contribution in [0.5, 0.6) is 0 Å². The molecule has 106 valence electrons. The van der Waals surface area contributed by atoms with Crippen LogP contribution in [0.15, 0.2) is 0 Å². The van der Waals surface area contributed by atoms with Crippen LogP contribution in [0.3, 0.4) is 0 Å². The van der Waals surface area contributed by atoms with E-state index in [1.165, 1.54) is 25.7 Å². The second-order valence-corrected chi connectivity index (χ2v) is 7.11. The van der Waals surface area contributed by atoms with E-state index in [4.69, 9.17) is 4.74 Å². The van der Waals surface area contributed by atoms with Crippen molar-refractivity contribution in [3.8, 4) is 0 Å². The fourth-order valence-electron chi connectivity index (χ4n) is 3.05. The van der Waals surface area contributed by atoms with E-state index in [1.54, 1.807) is 0 Å². The summed E-state index contributed by atoms with van der Waals surface area (Å²) in [7, 11) is 2.27. The Morgan fingerprint density at radius 3 is 2.50 bits per heavy atom. The number of hydrogen-bond donors (Lipinski definition) is 1. The summed E-state index contributed by atoms with van der Waals surface area (Å²) in [4.78, 5) is 2.54. The number of hydrogen-bond acceptors (Lipinski definition) is 3. The second kappa shape index (κ2) is 5.89. The van der Waals surface area contributed by atoms with Gasteiger partial charge in [-0.3, -0.25) is 0 Å². The maximum absolute atomic E-state index is 5.73. The minimum absolute atomic E-state index is 0.243. The third kappa shape index (κ3) is 3.94. The van der Waals surface area contributed by atoms with E-state index in [1.807, 2.05) is 0 Å². The Kier molecular flexibility index (Phi) is 4.68. The van der Waals surface area contributed by atoms with Crippen LogP contribution in [0.25, 0.3) is 0 Å². The van der Waals surface area contributed by atoms with Crippen LogP contribution in [0.2, 0.25) is 0 Å². The predicted molar refractivity (Wildman–Crippen MR) is 75.9 cm³/mol. The monoisotopic (exact) mass is 254 g/mol. The van der Waals surface area contributed by atoms with Gasteiger partial charge in [0.25, 0.3) is 0 Å². The Balaban J connectivity index is 1.71. The predicted octanol–water partition coefficient (Wildman–Crippen LogP) is 2.26. The van der Waals surface area contributed by atoms with Crippen LogP contribution in [0.1, 0.15) is 46.5 Å². The van der Waals surface area contributed by atoms with Crippen LogP contribution in [-0.4, -0.2) is 49.3 Å². The molecular weight excluding hydrogens is 224 g/mol. The number of ether oxygens (including phenoxy) is 1. The molecule has 0 aromatic carbocycles. The molecule has 3 unspecified atom stereocenters. The summed E-state index contributed by atoms with van der Waals surface area (Å²) >= 11 is 0. The molecule has 0 spiro atoms. The van der Waals surface area contributed by atoms with Crippen molar-refractivity contribution in [3.63, 3.8) is 0 Å². The van der Waals surface area contributed by atoms with E-state index in [-0.39, 0.29) is 5.54 Å². The van der Waals surface area contributed by atoms with Gasteiger partial charge in [-0.2, -0.15) is 0 Å². The number of rotatable bonds is 5. The lowest BCUT2D eigenvalue weighted by atomic mass is 9.78. The van der Waals surface area contributed by atoms with Crippen molar-refractivity contribution >= 4 is 0 Å². The van der Waals surface area contributed by atoms with Gasteiger partial charge in [-0.05, 0) is 66.0 Å². The van der Waals surface area contributed by atoms with Crippen molar-refractivity contribution in [1.29, 1.82) is 0 Å². The van der Waals surface area contributed by atoms with Gasteiger partial charge in [0.2, 0.25) is 0 Å². The van der Waals surface area contributed by atoms with Crippen molar-refractivity contribution in [3.05, 3.63) is 0 Å². The van der Waals surface area contributed by atoms with Crippen molar-refractivity contribution in [2.24, 2.45) is 5.92 Å². The van der Waals surface area contributed by atoms with E-state index in [9.17, 15) is 0 Å². The summed E-state index contributed by atoms with van der Waals surface area (Å²) in [6.07, 6.45) is 5.73. The zero-order valence-corrected chi connectivity index (χ0v) is 12.5. The zero-order chi connectivity index (χ0) is 13.2. The third-order valence-corrected chi connectivity index (χ3v) is 4.35. The molecule has 0 radical (unpaired) electrons. The first-order valence-electron chi connectivity index (χ1n) is 7.52. The van der Waals surface area contributed by atoms with Crippen molar-refractivity contribution in [2.75, 3.05) is 26.7 Å². The first-order chi connectivity index (χ1) is 8.46. The minimum atomic E-state index is 0.243. The van der Waals surface area contributed by atoms with Gasteiger partial charge in [0.1, 0.15) is 0 Å². The summed E-state index contributed by atoms with van der Waals surface area (Å²) in [5, 5.41) is 3.64. The number of likely N-dealkylation sites (N-methyl/N-ethyl adjacent to an activating group) is 1. The molecule has 3 heteroatoms. The molecule has 1 N–H and O–H groups in total. The Labute approximate surface area is 112 Å². The van der Waals surface area contributed by atoms with Gasteiger partial charge in [-0.1, -0.05) is 0 Å². The van der Waals surface area contributed by atoms with E-state index in [0.29, 0.717) is 6.10 Å². The fraction of sp³-hybridized carbons (Fsp3) is 1.00. The molecule has 2 aliphatic rings. The normalized spacial score (nSPS) is 32.8. The van der Waals surface area contributed by atoms with E-state index < -0.39 is 0 Å². The lowest BCUT2D eigenvalue weighted by Gasteiger charge is -2.44. The zero-order valence-electron chi connectivity index (χ0n) is 12.5. The van der Waals surface area contributed by atoms with Gasteiger partial charge in [0.15, 0.2) is 0 Å². The van der Waals surface area contributed by atoms with Gasteiger partial charge >= 0.3 is 0 Å². The molecule has 0 amide bonds. The maximum atomic E-state index is 5.73. The van der Waals surface area contributed by atoms with Crippen LogP contribution >= 0.6 is 0 Å². The quantitative estimate of drug-likeness (QED) is 0.814. The fourth-order valence-corrected chi connectivity index (χ4v) is 3.05. The summed E-state index contributed by atoms with van der Waals surface area (Å²) < 4.78 is 5.73. The number of nitrogens with zero attached hydrogens (tertiary/aromatic N) is 1. The van der Waals surface area contributed by atoms with Crippen LogP contribution < -0.4 is 5.32 Å². The highest BCUT2D eigenvalue weighted by atomic mass is 16.5. The van der Waals surface area contributed by atoms with Crippen molar-refractivity contribution < 1.29 is 4.74 Å². The molecule has 1 saturated heterocycles. The largest absolute Gasteiger partial charge is 0.377 e. The van der Waals surface area contributed by atoms with Crippen LogP contribution in [-0.2, 0) is 4.74 Å². The summed E-state index contributed by atoms with van der Waals surface area (Å²) in [5.74, 6) is 0.829. The molecule has 3 atom stereocenters. The standard InChI is InChI=1S/C15H30N2O/c1-15(2,3)16-10-12-7-8-14(12)17(4)11-13-6-5-9-18-13/h12-14,16H,5-11H2,1-4H3. The molecule has 18 heavy (non-hydrogen) atoms. The van der Waals surface area contributed by atoms with Crippen LogP contribution in [0.4, 0.5) is 0 Å². The molecule has 1 aliphatic heterocycles. The van der Waals surface area contributed by atoms with Crippen LogP contribution in [0, 0.1) is 5.92 Å². The van der Waals surface area contributed by atoms with Crippen molar-refractivity contribution in [2.45, 2.75) is 64.1 Å². The Morgan fingerprint density at radius 2 is 2.00 bits per heavy atom. The van der Waals surface area contributed by atoms with E-state index >= 15 is 0 Å². The molecule has 2 fully saturated rings. The molecule has 0 aromatic rings. The van der Waals surface area contributed by atoms with Gasteiger partial charge in [-0.25, -0.2) is 0 Å². The molecule has 3 nitrogen and oxygen atoms in total. The summed E-state index contributed by atoms with van der Waals surface area (Å²) in [6.45, 7) is 9.99. The second-order valence-electron chi connectivity index (χ2n) is 7.11. The Bertz CT molecular complexity index is 256. The molecular formula is C15H30N2O. The third-order valence-electron chi connectivity index (χ3n) is 4.35. The first-order valence-corrected chi connectivity index (χ1v) is 7.52. The minimum Gasteiger partial charge on any atom is -0.377 e. The summed E-state index contributed by atoms with van der Waals surface area (Å²) in [5.41, 5.74) is 0.243. The molecule has 1 aliphatic carbocycles. The van der Waals surface area contributed by atoms with Gasteiger partial charge in [0.05, 0.1) is 6.10 Å². The molecule has 0 bridgehead atoms.